The third kappa shape index (κ3) is 3.35. The van der Waals surface area contributed by atoms with Crippen LogP contribution in [0.3, 0.4) is 0 Å². The number of nitrogens with zero attached hydrogens (tertiary/aromatic N) is 3. The Bertz CT molecular complexity index is 677. The van der Waals surface area contributed by atoms with E-state index in [9.17, 15) is 8.42 Å². The molecule has 0 fully saturated rings. The molecule has 2 aromatic rings. The first-order valence-electron chi connectivity index (χ1n) is 5.73. The Kier molecular flexibility index (Phi) is 4.41. The molecule has 0 aliphatic carbocycles. The van der Waals surface area contributed by atoms with Crippen molar-refractivity contribution in [3.8, 4) is 5.75 Å². The molecule has 0 unspecified atom stereocenters. The lowest BCUT2D eigenvalue weighted by molar-refractivity contribution is 0.475. The van der Waals surface area contributed by atoms with Crippen LogP contribution >= 0.6 is 15.9 Å². The van der Waals surface area contributed by atoms with Crippen LogP contribution < -0.4 is 4.72 Å². The molecule has 108 valence electrons. The SMILES string of the molecule is Cn1nnc(Br)c1S(=O)(=O)NCCc1ccc(O)cc1. The maximum Gasteiger partial charge on any atom is 0.260 e. The van der Waals surface area contributed by atoms with E-state index in [1.807, 2.05) is 0 Å². The molecule has 20 heavy (non-hydrogen) atoms. The zero-order valence-electron chi connectivity index (χ0n) is 10.6. The summed E-state index contributed by atoms with van der Waals surface area (Å²) in [6, 6.07) is 6.60. The summed E-state index contributed by atoms with van der Waals surface area (Å²) in [6.07, 6.45) is 0.516. The summed E-state index contributed by atoms with van der Waals surface area (Å²) >= 11 is 3.06. The maximum atomic E-state index is 12.1. The summed E-state index contributed by atoms with van der Waals surface area (Å²) in [4.78, 5) is 0. The van der Waals surface area contributed by atoms with E-state index >= 15 is 0 Å². The fourth-order valence-corrected chi connectivity index (χ4v) is 3.79. The molecule has 0 bridgehead atoms. The zero-order chi connectivity index (χ0) is 14.8. The number of halogens is 1. The highest BCUT2D eigenvalue weighted by Crippen LogP contribution is 2.17. The van der Waals surface area contributed by atoms with E-state index < -0.39 is 10.0 Å². The summed E-state index contributed by atoms with van der Waals surface area (Å²) in [6.45, 7) is 0.241. The van der Waals surface area contributed by atoms with Gasteiger partial charge in [0.2, 0.25) is 5.03 Å². The molecule has 0 saturated heterocycles. The Labute approximate surface area is 124 Å². The highest BCUT2D eigenvalue weighted by molar-refractivity contribution is 9.10. The van der Waals surface area contributed by atoms with Gasteiger partial charge in [0.1, 0.15) is 5.75 Å². The van der Waals surface area contributed by atoms with Gasteiger partial charge in [0.15, 0.2) is 4.60 Å². The number of nitrogens with one attached hydrogen (secondary N) is 1. The van der Waals surface area contributed by atoms with Gasteiger partial charge in [-0.05, 0) is 40.0 Å². The number of hydrogen-bond donors (Lipinski definition) is 2. The Hall–Kier alpha value is -1.45. The van der Waals surface area contributed by atoms with Crippen molar-refractivity contribution in [3.63, 3.8) is 0 Å². The molecule has 0 aliphatic rings. The average Bonchev–Trinajstić information content (AvgIpc) is 2.72. The van der Waals surface area contributed by atoms with Crippen molar-refractivity contribution >= 4 is 26.0 Å². The summed E-state index contributed by atoms with van der Waals surface area (Å²) < 4.78 is 28.0. The van der Waals surface area contributed by atoms with Crippen LogP contribution in [0, 0.1) is 0 Å². The summed E-state index contributed by atoms with van der Waals surface area (Å²) in [7, 11) is -2.16. The van der Waals surface area contributed by atoms with Crippen molar-refractivity contribution in [1.29, 1.82) is 0 Å². The molecular weight excluding hydrogens is 348 g/mol. The Morgan fingerprint density at radius 2 is 2.00 bits per heavy atom. The first kappa shape index (κ1) is 14.9. The number of rotatable bonds is 5. The predicted octanol–water partition coefficient (Wildman–Crippen LogP) is 0.804. The lowest BCUT2D eigenvalue weighted by Crippen LogP contribution is -2.28. The molecule has 0 amide bonds. The molecule has 2 N–H and O–H groups in total. The lowest BCUT2D eigenvalue weighted by Gasteiger charge is -2.07. The summed E-state index contributed by atoms with van der Waals surface area (Å²) in [5.41, 5.74) is 0.924. The molecule has 0 saturated carbocycles. The van der Waals surface area contributed by atoms with E-state index in [0.29, 0.717) is 6.42 Å². The Morgan fingerprint density at radius 3 is 2.55 bits per heavy atom. The topological polar surface area (TPSA) is 97.1 Å². The molecule has 1 aromatic carbocycles. The van der Waals surface area contributed by atoms with E-state index in [1.54, 1.807) is 24.3 Å². The fraction of sp³-hybridized carbons (Fsp3) is 0.273. The molecule has 7 nitrogen and oxygen atoms in total. The monoisotopic (exact) mass is 360 g/mol. The molecule has 1 aromatic heterocycles. The third-order valence-corrected chi connectivity index (χ3v) is 4.98. The number of aromatic hydroxyl groups is 1. The normalized spacial score (nSPS) is 11.7. The van der Waals surface area contributed by atoms with Crippen LogP contribution in [-0.2, 0) is 23.5 Å². The van der Waals surface area contributed by atoms with Gasteiger partial charge in [-0.3, -0.25) is 0 Å². The van der Waals surface area contributed by atoms with Crippen LogP contribution in [0.1, 0.15) is 5.56 Å². The second-order valence-electron chi connectivity index (χ2n) is 4.12. The number of aromatic nitrogens is 3. The molecule has 0 aliphatic heterocycles. The van der Waals surface area contributed by atoms with Crippen LogP contribution in [0.4, 0.5) is 0 Å². The standard InChI is InChI=1S/C11H13BrN4O3S/c1-16-11(10(12)14-15-16)20(18,19)13-7-6-8-2-4-9(17)5-3-8/h2-5,13,17H,6-7H2,1H3. The first-order chi connectivity index (χ1) is 9.40. The molecular formula is C11H13BrN4O3S. The summed E-state index contributed by atoms with van der Waals surface area (Å²) in [5, 5.41) is 16.4. The Morgan fingerprint density at radius 1 is 1.35 bits per heavy atom. The van der Waals surface area contributed by atoms with Gasteiger partial charge >= 0.3 is 0 Å². The van der Waals surface area contributed by atoms with Gasteiger partial charge in [-0.25, -0.2) is 17.8 Å². The van der Waals surface area contributed by atoms with Crippen LogP contribution in [0.25, 0.3) is 0 Å². The molecule has 9 heteroatoms. The molecule has 0 radical (unpaired) electrons. The number of hydrogen-bond acceptors (Lipinski definition) is 5. The Balaban J connectivity index is 2.02. The van der Waals surface area contributed by atoms with Gasteiger partial charge in [0, 0.05) is 13.6 Å². The minimum atomic E-state index is -3.66. The number of sulfonamides is 1. The van der Waals surface area contributed by atoms with Crippen LogP contribution in [0.2, 0.25) is 0 Å². The second-order valence-corrected chi connectivity index (χ2v) is 6.56. The van der Waals surface area contributed by atoms with Crippen molar-refractivity contribution in [2.75, 3.05) is 6.54 Å². The number of aryl methyl sites for hydroxylation is 1. The summed E-state index contributed by atoms with van der Waals surface area (Å²) in [5.74, 6) is 0.180. The van der Waals surface area contributed by atoms with E-state index in [1.165, 1.54) is 11.7 Å². The van der Waals surface area contributed by atoms with Gasteiger partial charge in [0.05, 0.1) is 0 Å². The van der Waals surface area contributed by atoms with Crippen molar-refractivity contribution in [1.82, 2.24) is 19.7 Å². The second kappa shape index (κ2) is 5.90. The number of phenolic OH excluding ortho intramolecular Hbond substituents is 1. The minimum absolute atomic E-state index is 0.0109. The third-order valence-electron chi connectivity index (χ3n) is 2.63. The molecule has 2 rings (SSSR count). The lowest BCUT2D eigenvalue weighted by atomic mass is 10.1. The number of benzene rings is 1. The van der Waals surface area contributed by atoms with Gasteiger partial charge in [-0.15, -0.1) is 5.10 Å². The van der Waals surface area contributed by atoms with E-state index in [4.69, 9.17) is 5.11 Å². The molecule has 0 spiro atoms. The highest BCUT2D eigenvalue weighted by Gasteiger charge is 2.23. The highest BCUT2D eigenvalue weighted by atomic mass is 79.9. The van der Waals surface area contributed by atoms with Crippen molar-refractivity contribution < 1.29 is 13.5 Å². The van der Waals surface area contributed by atoms with Crippen molar-refractivity contribution in [3.05, 3.63) is 34.4 Å². The fourth-order valence-electron chi connectivity index (χ4n) is 1.67. The predicted molar refractivity (Wildman–Crippen MR) is 75.7 cm³/mol. The smallest absolute Gasteiger partial charge is 0.260 e. The van der Waals surface area contributed by atoms with E-state index in [-0.39, 0.29) is 21.9 Å². The van der Waals surface area contributed by atoms with Crippen molar-refractivity contribution in [2.24, 2.45) is 7.05 Å². The maximum absolute atomic E-state index is 12.1. The van der Waals surface area contributed by atoms with Crippen LogP contribution in [0.15, 0.2) is 33.9 Å². The van der Waals surface area contributed by atoms with Gasteiger partial charge in [0.25, 0.3) is 10.0 Å². The van der Waals surface area contributed by atoms with E-state index in [0.717, 1.165) is 5.56 Å². The number of phenols is 1. The van der Waals surface area contributed by atoms with Crippen molar-refractivity contribution in [2.45, 2.75) is 11.4 Å². The van der Waals surface area contributed by atoms with Gasteiger partial charge < -0.3 is 5.11 Å². The van der Waals surface area contributed by atoms with E-state index in [2.05, 4.69) is 31.0 Å². The van der Waals surface area contributed by atoms with Crippen LogP contribution in [-0.4, -0.2) is 35.1 Å². The largest absolute Gasteiger partial charge is 0.508 e. The van der Waals surface area contributed by atoms with Gasteiger partial charge in [-0.1, -0.05) is 17.3 Å². The zero-order valence-corrected chi connectivity index (χ0v) is 13.0. The quantitative estimate of drug-likeness (QED) is 0.821. The molecule has 0 atom stereocenters. The first-order valence-corrected chi connectivity index (χ1v) is 8.00. The minimum Gasteiger partial charge on any atom is -0.508 e. The average molecular weight is 361 g/mol. The molecule has 1 heterocycles. The van der Waals surface area contributed by atoms with Crippen LogP contribution in [0.5, 0.6) is 5.75 Å². The van der Waals surface area contributed by atoms with Gasteiger partial charge in [-0.2, -0.15) is 0 Å².